The Morgan fingerprint density at radius 1 is 0.818 bits per heavy atom. The first-order valence-corrected chi connectivity index (χ1v) is 9.99. The van der Waals surface area contributed by atoms with E-state index < -0.39 is 0 Å². The highest BCUT2D eigenvalue weighted by molar-refractivity contribution is 5.99. The van der Waals surface area contributed by atoms with Crippen LogP contribution in [0.4, 0.5) is 5.69 Å². The zero-order valence-corrected chi connectivity index (χ0v) is 18.5. The Hall–Kier alpha value is -4.59. The number of hydrogen-bond donors (Lipinski definition) is 7. The summed E-state index contributed by atoms with van der Waals surface area (Å²) in [5.74, 6) is 0.923. The van der Waals surface area contributed by atoms with E-state index in [1.54, 1.807) is 24.3 Å². The van der Waals surface area contributed by atoms with Crippen molar-refractivity contribution in [3.8, 4) is 0 Å². The summed E-state index contributed by atoms with van der Waals surface area (Å²) in [6, 6.07) is 20.2. The lowest BCUT2D eigenvalue weighted by Crippen LogP contribution is -2.12. The van der Waals surface area contributed by atoms with Crippen LogP contribution in [0.1, 0.15) is 33.4 Å². The molecule has 1 heterocycles. The van der Waals surface area contributed by atoms with Gasteiger partial charge in [0.2, 0.25) is 0 Å². The standard InChI is InChI=1S/C10H10N2O.C8H10N2.C7H9N3/c1-6-9-3-2-7(10(11)12)4-8(9)5-13-6;1-6-3-2-4-7(5-6)8(9)10;8-6-4-2-1-3-5(6)7(9)10/h2-4H,1,5H2,(H3,11,12);2-5H,1H3,(H3,9,10);1-4H,8H2,(H3,9,10). The summed E-state index contributed by atoms with van der Waals surface area (Å²) in [7, 11) is 0. The predicted molar refractivity (Wildman–Crippen MR) is 135 cm³/mol. The van der Waals surface area contributed by atoms with Crippen molar-refractivity contribution in [1.29, 1.82) is 16.2 Å². The number of aryl methyl sites for hydroxylation is 1. The van der Waals surface area contributed by atoms with Crippen LogP contribution in [0.25, 0.3) is 5.76 Å². The van der Waals surface area contributed by atoms with E-state index in [2.05, 4.69) is 6.58 Å². The SMILES string of the molecule is C=C1OCc2cc(C(=N)N)ccc21.Cc1cccc(C(=N)N)c1.N=C(N)c1ccccc1N. The van der Waals surface area contributed by atoms with E-state index in [1.165, 1.54) is 0 Å². The zero-order valence-electron chi connectivity index (χ0n) is 18.5. The number of ether oxygens (including phenoxy) is 1. The normalized spacial score (nSPS) is 11.0. The molecule has 3 aromatic rings. The van der Waals surface area contributed by atoms with Crippen LogP contribution in [0.2, 0.25) is 0 Å². The molecule has 8 heteroatoms. The first-order valence-electron chi connectivity index (χ1n) is 9.99. The highest BCUT2D eigenvalue weighted by atomic mass is 16.5. The number of nitrogens with one attached hydrogen (secondary N) is 3. The summed E-state index contributed by atoms with van der Waals surface area (Å²) in [6.45, 7) is 6.28. The summed E-state index contributed by atoms with van der Waals surface area (Å²) in [6.07, 6.45) is 0. The zero-order chi connectivity index (χ0) is 24.5. The van der Waals surface area contributed by atoms with Crippen molar-refractivity contribution in [2.24, 2.45) is 17.2 Å². The number of rotatable bonds is 3. The Morgan fingerprint density at radius 2 is 1.45 bits per heavy atom. The van der Waals surface area contributed by atoms with Crippen molar-refractivity contribution in [2.45, 2.75) is 13.5 Å². The largest absolute Gasteiger partial charge is 0.489 e. The smallest absolute Gasteiger partial charge is 0.124 e. The summed E-state index contributed by atoms with van der Waals surface area (Å²) in [5.41, 5.74) is 27.2. The minimum absolute atomic E-state index is 0.0121. The molecular weight excluding hydrogens is 414 g/mol. The fraction of sp³-hybridized carbons (Fsp3) is 0.0800. The van der Waals surface area contributed by atoms with E-state index in [0.29, 0.717) is 23.6 Å². The Labute approximate surface area is 193 Å². The highest BCUT2D eigenvalue weighted by Crippen LogP contribution is 2.28. The molecule has 1 aliphatic heterocycles. The van der Waals surface area contributed by atoms with E-state index in [9.17, 15) is 0 Å². The van der Waals surface area contributed by atoms with Crippen LogP contribution in [-0.2, 0) is 11.3 Å². The second-order valence-corrected chi connectivity index (χ2v) is 7.28. The van der Waals surface area contributed by atoms with E-state index >= 15 is 0 Å². The molecule has 0 aliphatic carbocycles. The van der Waals surface area contributed by atoms with Crippen LogP contribution in [0, 0.1) is 23.2 Å². The third kappa shape index (κ3) is 6.96. The molecule has 0 unspecified atom stereocenters. The fourth-order valence-corrected chi connectivity index (χ4v) is 2.95. The molecule has 0 saturated carbocycles. The molecule has 0 amide bonds. The highest BCUT2D eigenvalue weighted by Gasteiger charge is 2.16. The second kappa shape index (κ2) is 11.1. The molecule has 11 N–H and O–H groups in total. The van der Waals surface area contributed by atoms with Gasteiger partial charge in [-0.15, -0.1) is 0 Å². The Bertz CT molecular complexity index is 1200. The third-order valence-corrected chi connectivity index (χ3v) is 4.70. The topological polar surface area (TPSA) is 185 Å². The molecule has 170 valence electrons. The van der Waals surface area contributed by atoms with E-state index in [-0.39, 0.29) is 17.5 Å². The minimum Gasteiger partial charge on any atom is -0.489 e. The first kappa shape index (κ1) is 24.7. The van der Waals surface area contributed by atoms with Crippen LogP contribution >= 0.6 is 0 Å². The molecule has 0 fully saturated rings. The van der Waals surface area contributed by atoms with Gasteiger partial charge in [0.1, 0.15) is 29.9 Å². The number of fused-ring (bicyclic) bond motifs is 1. The molecule has 0 radical (unpaired) electrons. The third-order valence-electron chi connectivity index (χ3n) is 4.70. The average Bonchev–Trinajstić information content (AvgIpc) is 3.15. The number of anilines is 1. The maximum absolute atomic E-state index is 7.26. The molecule has 4 rings (SSSR count). The minimum atomic E-state index is 0.0121. The van der Waals surface area contributed by atoms with Gasteiger partial charge in [-0.3, -0.25) is 16.2 Å². The van der Waals surface area contributed by atoms with Gasteiger partial charge < -0.3 is 27.7 Å². The molecule has 0 spiro atoms. The number of benzene rings is 3. The van der Waals surface area contributed by atoms with Gasteiger partial charge in [0.05, 0.1) is 0 Å². The fourth-order valence-electron chi connectivity index (χ4n) is 2.95. The molecule has 0 bridgehead atoms. The number of nitrogen functional groups attached to an aromatic ring is 4. The summed E-state index contributed by atoms with van der Waals surface area (Å²) in [4.78, 5) is 0. The quantitative estimate of drug-likeness (QED) is 0.186. The Kier molecular flexibility index (Phi) is 8.34. The lowest BCUT2D eigenvalue weighted by Gasteiger charge is -2.00. The molecule has 0 saturated heterocycles. The van der Waals surface area contributed by atoms with Crippen molar-refractivity contribution in [3.63, 3.8) is 0 Å². The Morgan fingerprint density at radius 3 is 1.97 bits per heavy atom. The van der Waals surface area contributed by atoms with Gasteiger partial charge in [0.15, 0.2) is 0 Å². The monoisotopic (exact) mass is 443 g/mol. The van der Waals surface area contributed by atoms with Crippen molar-refractivity contribution in [3.05, 3.63) is 107 Å². The van der Waals surface area contributed by atoms with Crippen LogP contribution in [0.15, 0.2) is 73.3 Å². The summed E-state index contributed by atoms with van der Waals surface area (Å²) in [5, 5.41) is 21.4. The van der Waals surface area contributed by atoms with E-state index in [1.807, 2.05) is 49.4 Å². The lowest BCUT2D eigenvalue weighted by molar-refractivity contribution is 0.286. The summed E-state index contributed by atoms with van der Waals surface area (Å²) >= 11 is 0. The maximum atomic E-state index is 7.26. The van der Waals surface area contributed by atoms with Gasteiger partial charge in [-0.05, 0) is 31.2 Å². The maximum Gasteiger partial charge on any atom is 0.124 e. The van der Waals surface area contributed by atoms with Crippen LogP contribution in [0.5, 0.6) is 0 Å². The number of amidine groups is 3. The number of hydrogen-bond acceptors (Lipinski definition) is 5. The van der Waals surface area contributed by atoms with Crippen molar-refractivity contribution in [2.75, 3.05) is 5.73 Å². The molecule has 0 aromatic heterocycles. The molecule has 33 heavy (non-hydrogen) atoms. The van der Waals surface area contributed by atoms with E-state index in [4.69, 9.17) is 43.9 Å². The summed E-state index contributed by atoms with van der Waals surface area (Å²) < 4.78 is 5.25. The predicted octanol–water partition coefficient (Wildman–Crippen LogP) is 3.30. The number of para-hydroxylation sites is 1. The average molecular weight is 444 g/mol. The van der Waals surface area contributed by atoms with Crippen LogP contribution in [0.3, 0.4) is 0 Å². The second-order valence-electron chi connectivity index (χ2n) is 7.28. The lowest BCUT2D eigenvalue weighted by atomic mass is 10.0. The van der Waals surface area contributed by atoms with Gasteiger partial charge >= 0.3 is 0 Å². The first-order chi connectivity index (χ1) is 15.6. The van der Waals surface area contributed by atoms with Crippen molar-refractivity contribution >= 4 is 29.0 Å². The molecule has 8 nitrogen and oxygen atoms in total. The van der Waals surface area contributed by atoms with Gasteiger partial charge in [-0.1, -0.05) is 54.6 Å². The van der Waals surface area contributed by atoms with Gasteiger partial charge in [-0.2, -0.15) is 0 Å². The van der Waals surface area contributed by atoms with Gasteiger partial charge in [0.25, 0.3) is 0 Å². The van der Waals surface area contributed by atoms with Gasteiger partial charge in [0, 0.05) is 33.5 Å². The molecule has 3 aromatic carbocycles. The van der Waals surface area contributed by atoms with Crippen LogP contribution in [-0.4, -0.2) is 17.5 Å². The van der Waals surface area contributed by atoms with Gasteiger partial charge in [-0.25, -0.2) is 0 Å². The molecule has 0 atom stereocenters. The van der Waals surface area contributed by atoms with E-state index in [0.717, 1.165) is 27.8 Å². The molecular formula is C25H29N7O. The Balaban J connectivity index is 0.000000178. The van der Waals surface area contributed by atoms with Crippen molar-refractivity contribution < 1.29 is 4.74 Å². The van der Waals surface area contributed by atoms with Crippen LogP contribution < -0.4 is 22.9 Å². The van der Waals surface area contributed by atoms with Crippen molar-refractivity contribution in [1.82, 2.24) is 0 Å². The molecule has 1 aliphatic rings. The number of nitrogens with two attached hydrogens (primary N) is 4.